The molecule has 5 saturated carbocycles. The number of carbonyl (C=O) groups is 2. The molecule has 12 atom stereocenters. The van der Waals surface area contributed by atoms with Gasteiger partial charge in [-0.3, -0.25) is 9.59 Å². The van der Waals surface area contributed by atoms with E-state index in [-0.39, 0.29) is 34.1 Å². The summed E-state index contributed by atoms with van der Waals surface area (Å²) in [7, 11) is 0. The highest BCUT2D eigenvalue weighted by Gasteiger charge is 2.63. The standard InChI is InChI=1S/C41H52O4/c1-6-41(44)20-17-35-31-10-7-25-21-28(9-12-29(25)30(31)15-19-39(35,41)4)45-37-23-27(43)22-26-8-11-32-34-14-13-33(24(2)42)38(34,3)18-16-36(32)40(26,37)5/h1,9,12,21-22,30-37,44H,7-8,10-11,13-20,23H2,2-5H3/t30-,31-,32+,33-,34+,35+,36+,37?,38-,39?,40+,41+/m1/s1. The Balaban J connectivity index is 1.06. The molecule has 1 aromatic carbocycles. The van der Waals surface area contributed by atoms with Gasteiger partial charge in [-0.05, 0) is 154 Å². The van der Waals surface area contributed by atoms with E-state index in [9.17, 15) is 14.7 Å². The van der Waals surface area contributed by atoms with Crippen molar-refractivity contribution in [2.24, 2.45) is 51.8 Å². The van der Waals surface area contributed by atoms with Crippen LogP contribution in [0.25, 0.3) is 0 Å². The van der Waals surface area contributed by atoms with Crippen LogP contribution < -0.4 is 4.74 Å². The molecule has 5 fully saturated rings. The van der Waals surface area contributed by atoms with Crippen LogP contribution in [0.15, 0.2) is 29.8 Å². The van der Waals surface area contributed by atoms with E-state index in [2.05, 4.69) is 44.9 Å². The number of Topliss-reactive ketones (excluding diaryl/α,β-unsaturated/α-hetero) is 1. The van der Waals surface area contributed by atoms with Crippen molar-refractivity contribution >= 4 is 11.6 Å². The van der Waals surface area contributed by atoms with Crippen LogP contribution in [0, 0.1) is 64.1 Å². The van der Waals surface area contributed by atoms with E-state index >= 15 is 0 Å². The van der Waals surface area contributed by atoms with Crippen LogP contribution in [0.2, 0.25) is 0 Å². The summed E-state index contributed by atoms with van der Waals surface area (Å²) in [6.07, 6.45) is 20.7. The number of carbonyl (C=O) groups excluding carboxylic acids is 2. The van der Waals surface area contributed by atoms with Crippen molar-refractivity contribution < 1.29 is 19.4 Å². The summed E-state index contributed by atoms with van der Waals surface area (Å²) in [5.41, 5.74) is 2.99. The summed E-state index contributed by atoms with van der Waals surface area (Å²) in [5, 5.41) is 11.3. The normalized spacial score (nSPS) is 48.0. The molecule has 0 spiro atoms. The second-order valence-electron chi connectivity index (χ2n) is 17.2. The van der Waals surface area contributed by atoms with E-state index in [1.54, 1.807) is 0 Å². The van der Waals surface area contributed by atoms with E-state index in [0.717, 1.165) is 82.8 Å². The predicted molar refractivity (Wildman–Crippen MR) is 176 cm³/mol. The molecule has 0 aromatic heterocycles. The predicted octanol–water partition coefficient (Wildman–Crippen LogP) is 8.00. The lowest BCUT2D eigenvalue weighted by molar-refractivity contribution is -0.132. The smallest absolute Gasteiger partial charge is 0.159 e. The Bertz CT molecular complexity index is 1520. The molecular formula is C41H52O4. The number of terminal acetylenes is 1. The average Bonchev–Trinajstić information content (AvgIpc) is 3.51. The highest BCUT2D eigenvalue weighted by atomic mass is 16.5. The zero-order valence-corrected chi connectivity index (χ0v) is 27.9. The van der Waals surface area contributed by atoms with Crippen LogP contribution in [0.1, 0.15) is 122 Å². The third-order valence-electron chi connectivity index (χ3n) is 15.9. The quantitative estimate of drug-likeness (QED) is 0.353. The minimum atomic E-state index is -0.969. The van der Waals surface area contributed by atoms with Crippen molar-refractivity contribution in [3.8, 4) is 18.1 Å². The average molecular weight is 609 g/mol. The Morgan fingerprint density at radius 2 is 1.71 bits per heavy atom. The maximum Gasteiger partial charge on any atom is 0.159 e. The second-order valence-corrected chi connectivity index (χ2v) is 17.2. The van der Waals surface area contributed by atoms with Crippen molar-refractivity contribution in [2.45, 2.75) is 129 Å². The lowest BCUT2D eigenvalue weighted by Gasteiger charge is -2.59. The monoisotopic (exact) mass is 608 g/mol. The van der Waals surface area contributed by atoms with Crippen LogP contribution in [0.4, 0.5) is 0 Å². The van der Waals surface area contributed by atoms with Gasteiger partial charge in [0.05, 0.1) is 0 Å². The number of hydrogen-bond acceptors (Lipinski definition) is 4. The van der Waals surface area contributed by atoms with Crippen LogP contribution in [-0.2, 0) is 16.0 Å². The Kier molecular flexibility index (Phi) is 6.70. The molecule has 2 unspecified atom stereocenters. The van der Waals surface area contributed by atoms with E-state index in [0.29, 0.717) is 47.7 Å². The fraction of sp³-hybridized carbons (Fsp3) is 0.707. The van der Waals surface area contributed by atoms with E-state index in [1.165, 1.54) is 16.7 Å². The molecule has 1 N–H and O–H groups in total. The first-order valence-electron chi connectivity index (χ1n) is 18.2. The topological polar surface area (TPSA) is 63.6 Å². The maximum absolute atomic E-state index is 13.1. The molecule has 8 rings (SSSR count). The highest BCUT2D eigenvalue weighted by molar-refractivity contribution is 5.92. The number of aliphatic hydroxyl groups is 1. The van der Waals surface area contributed by atoms with Crippen LogP contribution in [0.5, 0.6) is 5.75 Å². The second kappa shape index (κ2) is 10.1. The largest absolute Gasteiger partial charge is 0.489 e. The molecule has 0 amide bonds. The van der Waals surface area contributed by atoms with E-state index < -0.39 is 5.60 Å². The van der Waals surface area contributed by atoms with Crippen LogP contribution >= 0.6 is 0 Å². The van der Waals surface area contributed by atoms with Crippen LogP contribution in [0.3, 0.4) is 0 Å². The van der Waals surface area contributed by atoms with Crippen molar-refractivity contribution in [3.63, 3.8) is 0 Å². The molecular weight excluding hydrogens is 556 g/mol. The summed E-state index contributed by atoms with van der Waals surface area (Å²) in [6.45, 7) is 8.87. The Labute approximate surface area is 270 Å². The minimum Gasteiger partial charge on any atom is -0.489 e. The zero-order chi connectivity index (χ0) is 31.5. The number of rotatable bonds is 3. The molecule has 45 heavy (non-hydrogen) atoms. The molecule has 0 bridgehead atoms. The van der Waals surface area contributed by atoms with Gasteiger partial charge in [0.1, 0.15) is 23.2 Å². The van der Waals surface area contributed by atoms with E-state index in [4.69, 9.17) is 11.2 Å². The SMILES string of the molecule is C#C[C@]1(O)CC[C@H]2[C@@H]3CCc4cc(OC5CC(=O)C=C6CC[C@H]7[C@@H]8CC[C@H](C(C)=O)[C@@]8(C)CC[C@@H]7[C@]65C)ccc4[C@H]3CCC21C. The molecule has 4 heteroatoms. The third-order valence-corrected chi connectivity index (χ3v) is 15.9. The van der Waals surface area contributed by atoms with Crippen molar-refractivity contribution in [1.82, 2.24) is 0 Å². The summed E-state index contributed by atoms with van der Waals surface area (Å²) >= 11 is 0. The van der Waals surface area contributed by atoms with Gasteiger partial charge >= 0.3 is 0 Å². The summed E-state index contributed by atoms with van der Waals surface area (Å²) < 4.78 is 7.00. The van der Waals surface area contributed by atoms with Gasteiger partial charge in [-0.15, -0.1) is 6.42 Å². The minimum absolute atomic E-state index is 0.121. The first-order valence-corrected chi connectivity index (χ1v) is 18.2. The summed E-state index contributed by atoms with van der Waals surface area (Å²) in [4.78, 5) is 25.8. The number of fused-ring (bicyclic) bond motifs is 10. The first-order chi connectivity index (χ1) is 21.4. The number of aryl methyl sites for hydroxylation is 1. The molecule has 0 aliphatic heterocycles. The molecule has 1 aromatic rings. The highest BCUT2D eigenvalue weighted by Crippen LogP contribution is 2.67. The van der Waals surface area contributed by atoms with Gasteiger partial charge in [0.2, 0.25) is 0 Å². The van der Waals surface area contributed by atoms with Gasteiger partial charge in [0, 0.05) is 23.2 Å². The summed E-state index contributed by atoms with van der Waals surface area (Å²) in [6, 6.07) is 6.80. The Hall–Kier alpha value is -2.38. The van der Waals surface area contributed by atoms with Crippen LogP contribution in [-0.4, -0.2) is 28.4 Å². The zero-order valence-electron chi connectivity index (χ0n) is 27.9. The Morgan fingerprint density at radius 3 is 2.49 bits per heavy atom. The fourth-order valence-corrected chi connectivity index (χ4v) is 13.5. The maximum atomic E-state index is 13.1. The Morgan fingerprint density at radius 1 is 0.933 bits per heavy atom. The number of ether oxygens (including phenoxy) is 1. The van der Waals surface area contributed by atoms with E-state index in [1.807, 2.05) is 13.0 Å². The van der Waals surface area contributed by atoms with Crippen molar-refractivity contribution in [2.75, 3.05) is 0 Å². The lowest BCUT2D eigenvalue weighted by Crippen LogP contribution is -2.56. The summed E-state index contributed by atoms with van der Waals surface area (Å²) in [5.74, 6) is 7.74. The number of benzene rings is 1. The molecule has 7 aliphatic rings. The van der Waals surface area contributed by atoms with Gasteiger partial charge in [-0.2, -0.15) is 0 Å². The molecule has 240 valence electrons. The molecule has 0 radical (unpaired) electrons. The van der Waals surface area contributed by atoms with Gasteiger partial charge in [0.15, 0.2) is 5.78 Å². The van der Waals surface area contributed by atoms with Crippen molar-refractivity contribution in [3.05, 3.63) is 41.0 Å². The van der Waals surface area contributed by atoms with Gasteiger partial charge in [0.25, 0.3) is 0 Å². The molecule has 0 saturated heterocycles. The third kappa shape index (κ3) is 4.01. The van der Waals surface area contributed by atoms with Gasteiger partial charge in [-0.25, -0.2) is 0 Å². The molecule has 4 nitrogen and oxygen atoms in total. The van der Waals surface area contributed by atoms with Crippen molar-refractivity contribution in [1.29, 1.82) is 0 Å². The molecule has 0 heterocycles. The first kappa shape index (κ1) is 30.0. The fourth-order valence-electron chi connectivity index (χ4n) is 13.5. The lowest BCUT2D eigenvalue weighted by atomic mass is 9.46. The number of hydrogen-bond donors (Lipinski definition) is 1. The number of ketones is 2. The molecule has 7 aliphatic carbocycles. The van der Waals surface area contributed by atoms with Gasteiger partial charge < -0.3 is 9.84 Å². The van der Waals surface area contributed by atoms with Gasteiger partial charge in [-0.1, -0.05) is 38.3 Å².